The van der Waals surface area contributed by atoms with Crippen LogP contribution in [-0.4, -0.2) is 44.3 Å². The van der Waals surface area contributed by atoms with Gasteiger partial charge < -0.3 is 19.5 Å². The quantitative estimate of drug-likeness (QED) is 0.691. The Morgan fingerprint density at radius 3 is 2.55 bits per heavy atom. The molecule has 1 amide bonds. The number of hydrogen-bond acceptors (Lipinski definition) is 5. The van der Waals surface area contributed by atoms with Crippen LogP contribution in [0.15, 0.2) is 42.5 Å². The Bertz CT molecular complexity index is 828. The third-order valence-corrected chi connectivity index (χ3v) is 4.72. The Hall–Kier alpha value is -2.73. The molecule has 0 aromatic heterocycles. The highest BCUT2D eigenvalue weighted by molar-refractivity contribution is 5.77. The first-order valence-electron chi connectivity index (χ1n) is 9.88. The number of rotatable bonds is 8. The zero-order valence-electron chi connectivity index (χ0n) is 17.7. The van der Waals surface area contributed by atoms with Gasteiger partial charge >= 0.3 is 0 Å². The van der Waals surface area contributed by atoms with Crippen molar-refractivity contribution in [3.63, 3.8) is 0 Å². The number of fused-ring (bicyclic) bond motifs is 1. The van der Waals surface area contributed by atoms with Crippen molar-refractivity contribution >= 4 is 5.91 Å². The summed E-state index contributed by atoms with van der Waals surface area (Å²) < 4.78 is 16.4. The highest BCUT2D eigenvalue weighted by Crippen LogP contribution is 2.32. The van der Waals surface area contributed by atoms with E-state index in [2.05, 4.69) is 38.2 Å². The molecule has 6 nitrogen and oxygen atoms in total. The minimum Gasteiger partial charge on any atom is -0.492 e. The molecule has 0 saturated carbocycles. The molecule has 0 spiro atoms. The van der Waals surface area contributed by atoms with Crippen LogP contribution in [0.4, 0.5) is 0 Å². The van der Waals surface area contributed by atoms with E-state index in [0.29, 0.717) is 26.2 Å². The van der Waals surface area contributed by atoms with Gasteiger partial charge in [-0.2, -0.15) is 0 Å². The van der Waals surface area contributed by atoms with Gasteiger partial charge in [0.25, 0.3) is 0 Å². The molecular weight excluding hydrogens is 368 g/mol. The summed E-state index contributed by atoms with van der Waals surface area (Å²) in [5.74, 6) is 2.31. The molecule has 0 fully saturated rings. The highest BCUT2D eigenvalue weighted by atomic mass is 16.7. The lowest BCUT2D eigenvalue weighted by atomic mass is 9.87. The number of nitrogens with zero attached hydrogens (tertiary/aromatic N) is 1. The van der Waals surface area contributed by atoms with Gasteiger partial charge in [0, 0.05) is 6.54 Å². The molecule has 0 aliphatic carbocycles. The zero-order chi connectivity index (χ0) is 20.9. The van der Waals surface area contributed by atoms with E-state index in [1.807, 2.05) is 42.3 Å². The molecule has 1 heterocycles. The Morgan fingerprint density at radius 2 is 1.83 bits per heavy atom. The average Bonchev–Trinajstić information content (AvgIpc) is 3.12. The van der Waals surface area contributed by atoms with E-state index in [-0.39, 0.29) is 18.1 Å². The predicted octanol–water partition coefficient (Wildman–Crippen LogP) is 3.34. The zero-order valence-corrected chi connectivity index (χ0v) is 17.7. The van der Waals surface area contributed by atoms with Gasteiger partial charge in [0.1, 0.15) is 12.4 Å². The highest BCUT2D eigenvalue weighted by Gasteiger charge is 2.15. The molecular formula is C23H30N2O4. The van der Waals surface area contributed by atoms with Crippen LogP contribution in [0.25, 0.3) is 0 Å². The fourth-order valence-corrected chi connectivity index (χ4v) is 3.12. The molecule has 29 heavy (non-hydrogen) atoms. The standard InChI is InChI=1S/C23H30N2O4/c1-23(2,3)18-6-8-19(9-7-18)27-12-11-24-22(26)15-25(4)14-17-5-10-20-21(13-17)29-16-28-20/h5-10,13H,11-12,14-16H2,1-4H3,(H,24,26). The van der Waals surface area contributed by atoms with Crippen LogP contribution < -0.4 is 19.5 Å². The van der Waals surface area contributed by atoms with E-state index in [1.165, 1.54) is 5.56 Å². The van der Waals surface area contributed by atoms with Crippen molar-refractivity contribution in [2.24, 2.45) is 0 Å². The monoisotopic (exact) mass is 398 g/mol. The Morgan fingerprint density at radius 1 is 1.10 bits per heavy atom. The Kier molecular flexibility index (Phi) is 6.64. The van der Waals surface area contributed by atoms with Crippen molar-refractivity contribution in [3.8, 4) is 17.2 Å². The molecule has 0 radical (unpaired) electrons. The number of carbonyl (C=O) groups is 1. The molecule has 1 aliphatic heterocycles. The van der Waals surface area contributed by atoms with Crippen LogP contribution in [0.5, 0.6) is 17.2 Å². The van der Waals surface area contributed by atoms with E-state index in [4.69, 9.17) is 14.2 Å². The van der Waals surface area contributed by atoms with Gasteiger partial charge in [0.2, 0.25) is 12.7 Å². The number of hydrogen-bond donors (Lipinski definition) is 1. The van der Waals surface area contributed by atoms with Crippen molar-refractivity contribution in [2.75, 3.05) is 33.5 Å². The van der Waals surface area contributed by atoms with Gasteiger partial charge in [-0.25, -0.2) is 0 Å². The molecule has 0 bridgehead atoms. The molecule has 2 aromatic carbocycles. The van der Waals surface area contributed by atoms with E-state index >= 15 is 0 Å². The van der Waals surface area contributed by atoms with Gasteiger partial charge in [0.05, 0.1) is 13.1 Å². The fraction of sp³-hybridized carbons (Fsp3) is 0.435. The van der Waals surface area contributed by atoms with Crippen molar-refractivity contribution in [3.05, 3.63) is 53.6 Å². The summed E-state index contributed by atoms with van der Waals surface area (Å²) in [4.78, 5) is 14.1. The molecule has 2 aromatic rings. The van der Waals surface area contributed by atoms with E-state index in [1.54, 1.807) is 0 Å². The first-order valence-corrected chi connectivity index (χ1v) is 9.88. The molecule has 0 atom stereocenters. The van der Waals surface area contributed by atoms with E-state index in [9.17, 15) is 4.79 Å². The summed E-state index contributed by atoms with van der Waals surface area (Å²) in [5.41, 5.74) is 2.47. The second-order valence-corrected chi connectivity index (χ2v) is 8.33. The fourth-order valence-electron chi connectivity index (χ4n) is 3.12. The summed E-state index contributed by atoms with van der Waals surface area (Å²) in [5, 5.41) is 2.90. The van der Waals surface area contributed by atoms with Crippen LogP contribution in [0.3, 0.4) is 0 Å². The number of benzene rings is 2. The normalized spacial score (nSPS) is 12.9. The Labute approximate surface area is 172 Å². The van der Waals surface area contributed by atoms with Gasteiger partial charge in [-0.3, -0.25) is 9.69 Å². The number of amides is 1. The smallest absolute Gasteiger partial charge is 0.234 e. The van der Waals surface area contributed by atoms with Gasteiger partial charge in [-0.1, -0.05) is 39.0 Å². The van der Waals surface area contributed by atoms with Crippen LogP contribution >= 0.6 is 0 Å². The second-order valence-electron chi connectivity index (χ2n) is 8.33. The molecule has 0 saturated heterocycles. The molecule has 1 N–H and O–H groups in total. The molecule has 156 valence electrons. The topological polar surface area (TPSA) is 60.0 Å². The third kappa shape index (κ3) is 6.12. The SMILES string of the molecule is CN(CC(=O)NCCOc1ccc(C(C)(C)C)cc1)Cc1ccc2c(c1)OCO2. The average molecular weight is 399 g/mol. The Balaban J connectivity index is 1.35. The maximum Gasteiger partial charge on any atom is 0.234 e. The first-order chi connectivity index (χ1) is 13.8. The summed E-state index contributed by atoms with van der Waals surface area (Å²) in [6.07, 6.45) is 0. The van der Waals surface area contributed by atoms with Gasteiger partial charge in [0.15, 0.2) is 11.5 Å². The van der Waals surface area contributed by atoms with Crippen molar-refractivity contribution in [1.29, 1.82) is 0 Å². The number of ether oxygens (including phenoxy) is 3. The number of carbonyl (C=O) groups excluding carboxylic acids is 1. The lowest BCUT2D eigenvalue weighted by Gasteiger charge is -2.19. The van der Waals surface area contributed by atoms with Crippen molar-refractivity contribution in [1.82, 2.24) is 10.2 Å². The summed E-state index contributed by atoms with van der Waals surface area (Å²) in [6.45, 7) is 8.69. The largest absolute Gasteiger partial charge is 0.492 e. The van der Waals surface area contributed by atoms with Crippen molar-refractivity contribution in [2.45, 2.75) is 32.7 Å². The van der Waals surface area contributed by atoms with E-state index < -0.39 is 0 Å². The first kappa shape index (κ1) is 21.0. The van der Waals surface area contributed by atoms with E-state index in [0.717, 1.165) is 22.8 Å². The summed E-state index contributed by atoms with van der Waals surface area (Å²) in [7, 11) is 1.91. The molecule has 6 heteroatoms. The predicted molar refractivity (Wildman–Crippen MR) is 113 cm³/mol. The lowest BCUT2D eigenvalue weighted by Crippen LogP contribution is -2.36. The molecule has 1 aliphatic rings. The van der Waals surface area contributed by atoms with Crippen molar-refractivity contribution < 1.29 is 19.0 Å². The summed E-state index contributed by atoms with van der Waals surface area (Å²) in [6, 6.07) is 14.0. The molecule has 0 unspecified atom stereocenters. The third-order valence-electron chi connectivity index (χ3n) is 4.72. The van der Waals surface area contributed by atoms with Crippen LogP contribution in [-0.2, 0) is 16.8 Å². The van der Waals surface area contributed by atoms with Gasteiger partial charge in [-0.15, -0.1) is 0 Å². The minimum absolute atomic E-state index is 0.0278. The number of nitrogens with one attached hydrogen (secondary N) is 1. The van der Waals surface area contributed by atoms with Crippen LogP contribution in [0.1, 0.15) is 31.9 Å². The maximum atomic E-state index is 12.1. The van der Waals surface area contributed by atoms with Crippen LogP contribution in [0, 0.1) is 0 Å². The second kappa shape index (κ2) is 9.18. The molecule has 3 rings (SSSR count). The summed E-state index contributed by atoms with van der Waals surface area (Å²) >= 11 is 0. The van der Waals surface area contributed by atoms with Gasteiger partial charge in [-0.05, 0) is 47.9 Å². The maximum absolute atomic E-state index is 12.1. The minimum atomic E-state index is -0.0278. The number of likely N-dealkylation sites (N-methyl/N-ethyl adjacent to an activating group) is 1. The van der Waals surface area contributed by atoms with Crippen LogP contribution in [0.2, 0.25) is 0 Å². The lowest BCUT2D eigenvalue weighted by molar-refractivity contribution is -0.122.